The summed E-state index contributed by atoms with van der Waals surface area (Å²) in [5.74, 6) is 0.901. The Kier molecular flexibility index (Phi) is 8.81. The molecule has 1 aliphatic rings. The maximum atomic E-state index is 11.7. The molecule has 1 aromatic carbocycles. The molecule has 1 N–H and O–H groups in total. The third kappa shape index (κ3) is 5.99. The third-order valence-corrected chi connectivity index (χ3v) is 4.55. The number of amides is 1. The number of aryl methyl sites for hydroxylation is 1. The number of carbonyl (C=O) groups excluding carboxylic acids is 1. The molecule has 0 unspecified atom stereocenters. The first-order valence-electron chi connectivity index (χ1n) is 10.0. The maximum absolute atomic E-state index is 11.7. The minimum atomic E-state index is -0.212. The fourth-order valence-corrected chi connectivity index (χ4v) is 3.05. The highest BCUT2D eigenvalue weighted by atomic mass is 16.6. The number of hydrogen-bond donors (Lipinski definition) is 1. The summed E-state index contributed by atoms with van der Waals surface area (Å²) in [6.07, 6.45) is 1.54. The van der Waals surface area contributed by atoms with Gasteiger partial charge in [-0.2, -0.15) is 5.10 Å². The van der Waals surface area contributed by atoms with Gasteiger partial charge in [0.2, 0.25) is 0 Å². The van der Waals surface area contributed by atoms with Gasteiger partial charge in [0, 0.05) is 44.5 Å². The summed E-state index contributed by atoms with van der Waals surface area (Å²) < 4.78 is 11.0. The number of aromatic nitrogens is 2. The smallest absolute Gasteiger partial charge is 0.409 e. The first-order valence-corrected chi connectivity index (χ1v) is 10.0. The number of aromatic amines is 1. The van der Waals surface area contributed by atoms with Crippen molar-refractivity contribution in [1.29, 1.82) is 0 Å². The van der Waals surface area contributed by atoms with E-state index in [-0.39, 0.29) is 6.09 Å². The Balaban J connectivity index is 0.00000136. The van der Waals surface area contributed by atoms with Crippen LogP contribution in [0.5, 0.6) is 5.75 Å². The zero-order valence-corrected chi connectivity index (χ0v) is 17.4. The second-order valence-corrected chi connectivity index (χ2v) is 6.33. The summed E-state index contributed by atoms with van der Waals surface area (Å²) in [6.45, 7) is 12.9. The van der Waals surface area contributed by atoms with Gasteiger partial charge in [0.1, 0.15) is 12.4 Å². The Morgan fingerprint density at radius 1 is 1.18 bits per heavy atom. The van der Waals surface area contributed by atoms with E-state index in [1.54, 1.807) is 11.1 Å². The van der Waals surface area contributed by atoms with Crippen molar-refractivity contribution in [2.45, 2.75) is 27.7 Å². The molecule has 1 fully saturated rings. The monoisotopic (exact) mass is 388 g/mol. The van der Waals surface area contributed by atoms with Crippen LogP contribution in [0.4, 0.5) is 4.79 Å². The Bertz CT molecular complexity index is 710. The molecule has 2 heterocycles. The van der Waals surface area contributed by atoms with Gasteiger partial charge >= 0.3 is 6.09 Å². The summed E-state index contributed by atoms with van der Waals surface area (Å²) >= 11 is 0. The van der Waals surface area contributed by atoms with Crippen molar-refractivity contribution >= 4 is 6.09 Å². The molecule has 7 heteroatoms. The van der Waals surface area contributed by atoms with E-state index in [2.05, 4.69) is 21.2 Å². The van der Waals surface area contributed by atoms with Crippen molar-refractivity contribution in [2.24, 2.45) is 0 Å². The van der Waals surface area contributed by atoms with Crippen molar-refractivity contribution in [1.82, 2.24) is 20.0 Å². The molecule has 1 amide bonds. The van der Waals surface area contributed by atoms with Crippen LogP contribution in [0.3, 0.4) is 0 Å². The summed E-state index contributed by atoms with van der Waals surface area (Å²) in [4.78, 5) is 15.8. The predicted molar refractivity (Wildman–Crippen MR) is 111 cm³/mol. The van der Waals surface area contributed by atoms with Crippen LogP contribution in [0.15, 0.2) is 30.5 Å². The molecule has 3 rings (SSSR count). The molecule has 0 spiro atoms. The first kappa shape index (κ1) is 21.8. The highest BCUT2D eigenvalue weighted by Crippen LogP contribution is 2.24. The van der Waals surface area contributed by atoms with Gasteiger partial charge in [-0.25, -0.2) is 4.79 Å². The van der Waals surface area contributed by atoms with E-state index >= 15 is 0 Å². The van der Waals surface area contributed by atoms with Crippen molar-refractivity contribution in [2.75, 3.05) is 45.9 Å². The van der Waals surface area contributed by atoms with Gasteiger partial charge in [-0.1, -0.05) is 13.8 Å². The summed E-state index contributed by atoms with van der Waals surface area (Å²) in [5, 5.41) is 6.96. The van der Waals surface area contributed by atoms with Gasteiger partial charge in [-0.3, -0.25) is 10.00 Å². The van der Waals surface area contributed by atoms with Crippen LogP contribution in [-0.4, -0.2) is 72.0 Å². The number of benzene rings is 1. The molecule has 7 nitrogen and oxygen atoms in total. The van der Waals surface area contributed by atoms with Gasteiger partial charge in [-0.05, 0) is 43.7 Å². The van der Waals surface area contributed by atoms with Gasteiger partial charge in [0.05, 0.1) is 12.3 Å². The Morgan fingerprint density at radius 2 is 1.93 bits per heavy atom. The van der Waals surface area contributed by atoms with Gasteiger partial charge in [-0.15, -0.1) is 0 Å². The Morgan fingerprint density at radius 3 is 2.54 bits per heavy atom. The number of H-pyrrole nitrogens is 1. The van der Waals surface area contributed by atoms with E-state index in [0.717, 1.165) is 42.2 Å². The fourth-order valence-electron chi connectivity index (χ4n) is 3.05. The van der Waals surface area contributed by atoms with Gasteiger partial charge in [0.15, 0.2) is 0 Å². The number of nitrogens with zero attached hydrogens (tertiary/aromatic N) is 3. The average molecular weight is 389 g/mol. The lowest BCUT2D eigenvalue weighted by molar-refractivity contribution is 0.0757. The number of rotatable bonds is 6. The summed E-state index contributed by atoms with van der Waals surface area (Å²) in [5.41, 5.74) is 3.20. The van der Waals surface area contributed by atoms with E-state index in [1.807, 2.05) is 45.9 Å². The van der Waals surface area contributed by atoms with Crippen molar-refractivity contribution in [3.8, 4) is 17.0 Å². The molecule has 0 aliphatic carbocycles. The van der Waals surface area contributed by atoms with Crippen molar-refractivity contribution < 1.29 is 14.3 Å². The number of ether oxygens (including phenoxy) is 2. The molecule has 28 heavy (non-hydrogen) atoms. The molecule has 0 radical (unpaired) electrons. The van der Waals surface area contributed by atoms with Crippen LogP contribution in [0.25, 0.3) is 11.3 Å². The first-order chi connectivity index (χ1) is 13.7. The quantitative estimate of drug-likeness (QED) is 0.819. The van der Waals surface area contributed by atoms with Gasteiger partial charge < -0.3 is 14.4 Å². The topological polar surface area (TPSA) is 70.7 Å². The molecule has 1 saturated heterocycles. The van der Waals surface area contributed by atoms with Crippen LogP contribution in [-0.2, 0) is 4.74 Å². The molecule has 154 valence electrons. The normalized spacial score (nSPS) is 14.2. The number of carbonyl (C=O) groups is 1. The highest BCUT2D eigenvalue weighted by Gasteiger charge is 2.21. The number of hydrogen-bond acceptors (Lipinski definition) is 5. The number of piperazine rings is 1. The zero-order chi connectivity index (χ0) is 20.4. The summed E-state index contributed by atoms with van der Waals surface area (Å²) in [7, 11) is 0. The minimum Gasteiger partial charge on any atom is -0.492 e. The molecular formula is C21H32N4O3. The SMILES string of the molecule is CC.CCOC(=O)N1CCN(CCOc2ccc(-c3ccn[nH]3)cc2C)CC1. The molecule has 0 bridgehead atoms. The maximum Gasteiger partial charge on any atom is 0.409 e. The second kappa shape index (κ2) is 11.3. The predicted octanol–water partition coefficient (Wildman–Crippen LogP) is 3.56. The van der Waals surface area contributed by atoms with Crippen LogP contribution in [0, 0.1) is 6.92 Å². The van der Waals surface area contributed by atoms with Crippen LogP contribution < -0.4 is 4.74 Å². The molecule has 0 saturated carbocycles. The van der Waals surface area contributed by atoms with E-state index in [4.69, 9.17) is 9.47 Å². The minimum absolute atomic E-state index is 0.212. The van der Waals surface area contributed by atoms with E-state index in [0.29, 0.717) is 26.3 Å². The van der Waals surface area contributed by atoms with Crippen LogP contribution in [0.1, 0.15) is 26.3 Å². The lowest BCUT2D eigenvalue weighted by Gasteiger charge is -2.33. The lowest BCUT2D eigenvalue weighted by Crippen LogP contribution is -2.49. The highest BCUT2D eigenvalue weighted by molar-refractivity contribution is 5.67. The Hall–Kier alpha value is -2.54. The zero-order valence-electron chi connectivity index (χ0n) is 17.4. The van der Waals surface area contributed by atoms with Crippen LogP contribution >= 0.6 is 0 Å². The van der Waals surface area contributed by atoms with E-state index in [1.165, 1.54) is 0 Å². The molecular weight excluding hydrogens is 356 g/mol. The second-order valence-electron chi connectivity index (χ2n) is 6.33. The van der Waals surface area contributed by atoms with Crippen LogP contribution in [0.2, 0.25) is 0 Å². The lowest BCUT2D eigenvalue weighted by atomic mass is 10.1. The largest absolute Gasteiger partial charge is 0.492 e. The molecule has 0 atom stereocenters. The molecule has 1 aliphatic heterocycles. The van der Waals surface area contributed by atoms with E-state index in [9.17, 15) is 4.79 Å². The van der Waals surface area contributed by atoms with Crippen molar-refractivity contribution in [3.05, 3.63) is 36.0 Å². The fraction of sp³-hybridized carbons (Fsp3) is 0.524. The average Bonchev–Trinajstić information content (AvgIpc) is 3.26. The standard InChI is InChI=1S/C19H26N4O3.C2H6/c1-3-25-19(24)23-10-8-22(9-11-23)12-13-26-18-5-4-16(14-15(18)2)17-6-7-20-21-17;1-2/h4-7,14H,3,8-13H2,1-2H3,(H,20,21);1-2H3. The van der Waals surface area contributed by atoms with Gasteiger partial charge in [0.25, 0.3) is 0 Å². The van der Waals surface area contributed by atoms with E-state index < -0.39 is 0 Å². The number of nitrogens with one attached hydrogen (secondary N) is 1. The Labute approximate surface area is 167 Å². The van der Waals surface area contributed by atoms with Crippen molar-refractivity contribution in [3.63, 3.8) is 0 Å². The summed E-state index contributed by atoms with van der Waals surface area (Å²) in [6, 6.07) is 8.09. The third-order valence-electron chi connectivity index (χ3n) is 4.55. The molecule has 2 aromatic rings. The molecule has 1 aromatic heterocycles.